The minimum atomic E-state index is 0.358. The molecule has 0 aliphatic rings. The summed E-state index contributed by atoms with van der Waals surface area (Å²) in [4.78, 5) is 4.45. The molecule has 0 saturated carbocycles. The molecule has 2 atom stereocenters. The summed E-state index contributed by atoms with van der Waals surface area (Å²) in [7, 11) is 1.93. The smallest absolute Gasteiger partial charge is 0.227 e. The molecule has 0 fully saturated rings. The highest BCUT2D eigenvalue weighted by molar-refractivity contribution is 5.19. The molecule has 1 aromatic heterocycles. The third-order valence-corrected chi connectivity index (χ3v) is 3.34. The van der Waals surface area contributed by atoms with Crippen molar-refractivity contribution in [2.75, 3.05) is 7.05 Å². The Kier molecular flexibility index (Phi) is 4.68. The van der Waals surface area contributed by atoms with Gasteiger partial charge < -0.3 is 9.84 Å². The van der Waals surface area contributed by atoms with Crippen LogP contribution < -0.4 is 5.32 Å². The molecule has 0 amide bonds. The average Bonchev–Trinajstić information content (AvgIpc) is 2.86. The monoisotopic (exact) mass is 259 g/mol. The molecule has 0 spiro atoms. The van der Waals surface area contributed by atoms with Crippen LogP contribution in [-0.2, 0) is 12.8 Å². The number of aromatic nitrogens is 2. The Hall–Kier alpha value is -1.68. The van der Waals surface area contributed by atoms with Crippen molar-refractivity contribution in [2.45, 2.75) is 38.6 Å². The predicted molar refractivity (Wildman–Crippen MR) is 75.1 cm³/mol. The lowest BCUT2D eigenvalue weighted by atomic mass is 9.98. The van der Waals surface area contributed by atoms with E-state index in [4.69, 9.17) is 4.52 Å². The van der Waals surface area contributed by atoms with Crippen LogP contribution in [0.25, 0.3) is 0 Å². The number of hydrogen-bond acceptors (Lipinski definition) is 4. The summed E-state index contributed by atoms with van der Waals surface area (Å²) in [6, 6.07) is 10.8. The van der Waals surface area contributed by atoms with Crippen LogP contribution in [0.15, 0.2) is 34.9 Å². The molecule has 0 radical (unpaired) electrons. The van der Waals surface area contributed by atoms with Gasteiger partial charge in [0.1, 0.15) is 0 Å². The average molecular weight is 259 g/mol. The molecular formula is C15H21N3O. The first-order valence-electron chi connectivity index (χ1n) is 6.72. The molecule has 4 nitrogen and oxygen atoms in total. The maximum atomic E-state index is 5.31. The Labute approximate surface area is 114 Å². The minimum absolute atomic E-state index is 0.358. The van der Waals surface area contributed by atoms with Crippen LogP contribution in [0, 0.1) is 0 Å². The standard InChI is InChI=1S/C15H21N3O/c1-11(13-7-5-4-6-8-13)9-15-17-14(18-19-15)10-12(2)16-3/h4-8,11-12,16H,9-10H2,1-3H3. The minimum Gasteiger partial charge on any atom is -0.339 e. The summed E-state index contributed by atoms with van der Waals surface area (Å²) in [6.45, 7) is 4.28. The van der Waals surface area contributed by atoms with E-state index < -0.39 is 0 Å². The maximum Gasteiger partial charge on any atom is 0.227 e. The highest BCUT2D eigenvalue weighted by atomic mass is 16.5. The van der Waals surface area contributed by atoms with E-state index in [1.165, 1.54) is 5.56 Å². The predicted octanol–water partition coefficient (Wildman–Crippen LogP) is 2.57. The van der Waals surface area contributed by atoms with Gasteiger partial charge in [-0.25, -0.2) is 0 Å². The third-order valence-electron chi connectivity index (χ3n) is 3.34. The molecule has 0 aliphatic carbocycles. The largest absolute Gasteiger partial charge is 0.339 e. The van der Waals surface area contributed by atoms with Gasteiger partial charge >= 0.3 is 0 Å². The van der Waals surface area contributed by atoms with Crippen molar-refractivity contribution >= 4 is 0 Å². The second-order valence-corrected chi connectivity index (χ2v) is 5.01. The van der Waals surface area contributed by atoms with Crippen LogP contribution in [0.2, 0.25) is 0 Å². The summed E-state index contributed by atoms with van der Waals surface area (Å²) in [5, 5.41) is 7.19. The fraction of sp³-hybridized carbons (Fsp3) is 0.467. The zero-order valence-corrected chi connectivity index (χ0v) is 11.8. The zero-order valence-electron chi connectivity index (χ0n) is 11.8. The zero-order chi connectivity index (χ0) is 13.7. The van der Waals surface area contributed by atoms with Gasteiger partial charge in [0.15, 0.2) is 5.82 Å². The molecule has 1 aromatic carbocycles. The first kappa shape index (κ1) is 13.7. The molecule has 0 saturated heterocycles. The molecule has 1 heterocycles. The van der Waals surface area contributed by atoms with Crippen molar-refractivity contribution in [3.63, 3.8) is 0 Å². The second kappa shape index (κ2) is 6.48. The Bertz CT molecular complexity index is 495. The Balaban J connectivity index is 1.96. The SMILES string of the molecule is CNC(C)Cc1noc(CC(C)c2ccccc2)n1. The topological polar surface area (TPSA) is 51.0 Å². The van der Waals surface area contributed by atoms with E-state index in [0.29, 0.717) is 12.0 Å². The van der Waals surface area contributed by atoms with Gasteiger partial charge in [0.25, 0.3) is 0 Å². The second-order valence-electron chi connectivity index (χ2n) is 5.01. The van der Waals surface area contributed by atoms with Gasteiger partial charge in [-0.05, 0) is 25.5 Å². The number of nitrogens with zero attached hydrogens (tertiary/aromatic N) is 2. The number of rotatable bonds is 6. The van der Waals surface area contributed by atoms with E-state index in [2.05, 4.69) is 53.6 Å². The van der Waals surface area contributed by atoms with E-state index in [1.807, 2.05) is 13.1 Å². The molecule has 0 bridgehead atoms. The fourth-order valence-electron chi connectivity index (χ4n) is 1.99. The van der Waals surface area contributed by atoms with Gasteiger partial charge in [-0.3, -0.25) is 0 Å². The van der Waals surface area contributed by atoms with Gasteiger partial charge in [0.2, 0.25) is 5.89 Å². The molecule has 1 N–H and O–H groups in total. The first-order valence-corrected chi connectivity index (χ1v) is 6.72. The molecule has 4 heteroatoms. The lowest BCUT2D eigenvalue weighted by molar-refractivity contribution is 0.365. The van der Waals surface area contributed by atoms with Crippen LogP contribution in [0.3, 0.4) is 0 Å². The highest BCUT2D eigenvalue weighted by Gasteiger charge is 2.13. The van der Waals surface area contributed by atoms with Crippen molar-refractivity contribution in [1.82, 2.24) is 15.5 Å². The number of likely N-dealkylation sites (N-methyl/N-ethyl adjacent to an activating group) is 1. The number of benzene rings is 1. The van der Waals surface area contributed by atoms with Crippen LogP contribution in [0.4, 0.5) is 0 Å². The Morgan fingerprint density at radius 2 is 1.89 bits per heavy atom. The van der Waals surface area contributed by atoms with E-state index in [1.54, 1.807) is 0 Å². The summed E-state index contributed by atoms with van der Waals surface area (Å²) in [5.41, 5.74) is 1.30. The van der Waals surface area contributed by atoms with E-state index in [9.17, 15) is 0 Å². The van der Waals surface area contributed by atoms with Crippen molar-refractivity contribution in [2.24, 2.45) is 0 Å². The highest BCUT2D eigenvalue weighted by Crippen LogP contribution is 2.19. The molecule has 0 aliphatic heterocycles. The van der Waals surface area contributed by atoms with Crippen molar-refractivity contribution < 1.29 is 4.52 Å². The number of nitrogens with one attached hydrogen (secondary N) is 1. The lowest BCUT2D eigenvalue weighted by Crippen LogP contribution is -2.24. The van der Waals surface area contributed by atoms with Gasteiger partial charge in [-0.1, -0.05) is 42.4 Å². The quantitative estimate of drug-likeness (QED) is 0.866. The van der Waals surface area contributed by atoms with Crippen LogP contribution in [0.1, 0.15) is 37.0 Å². The summed E-state index contributed by atoms with van der Waals surface area (Å²) < 4.78 is 5.31. The Morgan fingerprint density at radius 1 is 1.16 bits per heavy atom. The van der Waals surface area contributed by atoms with E-state index in [0.717, 1.165) is 24.6 Å². The number of hydrogen-bond donors (Lipinski definition) is 1. The molecule has 2 unspecified atom stereocenters. The van der Waals surface area contributed by atoms with Crippen molar-refractivity contribution in [3.8, 4) is 0 Å². The van der Waals surface area contributed by atoms with Crippen LogP contribution in [0.5, 0.6) is 0 Å². The summed E-state index contributed by atoms with van der Waals surface area (Å²) in [6.07, 6.45) is 1.57. The Morgan fingerprint density at radius 3 is 2.58 bits per heavy atom. The van der Waals surface area contributed by atoms with Crippen molar-refractivity contribution in [3.05, 3.63) is 47.6 Å². The molecule has 102 valence electrons. The fourth-order valence-corrected chi connectivity index (χ4v) is 1.99. The third kappa shape index (κ3) is 3.89. The van der Waals surface area contributed by atoms with E-state index >= 15 is 0 Å². The van der Waals surface area contributed by atoms with Gasteiger partial charge in [-0.15, -0.1) is 0 Å². The maximum absolute atomic E-state index is 5.31. The molecule has 19 heavy (non-hydrogen) atoms. The van der Waals surface area contributed by atoms with Gasteiger partial charge in [0.05, 0.1) is 0 Å². The van der Waals surface area contributed by atoms with Gasteiger partial charge in [-0.2, -0.15) is 4.98 Å². The normalized spacial score (nSPS) is 14.3. The molecule has 2 rings (SSSR count). The van der Waals surface area contributed by atoms with Crippen LogP contribution in [-0.4, -0.2) is 23.2 Å². The molecular weight excluding hydrogens is 238 g/mol. The summed E-state index contributed by atoms with van der Waals surface area (Å²) >= 11 is 0. The first-order chi connectivity index (χ1) is 9.19. The van der Waals surface area contributed by atoms with Gasteiger partial charge in [0, 0.05) is 18.9 Å². The molecule has 2 aromatic rings. The van der Waals surface area contributed by atoms with Crippen molar-refractivity contribution in [1.29, 1.82) is 0 Å². The summed E-state index contributed by atoms with van der Waals surface area (Å²) in [5.74, 6) is 1.88. The van der Waals surface area contributed by atoms with E-state index in [-0.39, 0.29) is 0 Å². The van der Waals surface area contributed by atoms with Crippen LogP contribution >= 0.6 is 0 Å². The lowest BCUT2D eigenvalue weighted by Gasteiger charge is -2.08.